The molecule has 0 spiro atoms. The smallest absolute Gasteiger partial charge is 0.0719 e. The van der Waals surface area contributed by atoms with Crippen molar-refractivity contribution in [2.45, 2.75) is 13.0 Å². The van der Waals surface area contributed by atoms with Gasteiger partial charge in [-0.1, -0.05) is 6.92 Å². The number of nitrogens with two attached hydrogens (primary N) is 1. The van der Waals surface area contributed by atoms with Gasteiger partial charge in [0.05, 0.1) is 6.10 Å². The van der Waals surface area contributed by atoms with Crippen molar-refractivity contribution in [2.75, 3.05) is 13.1 Å². The van der Waals surface area contributed by atoms with E-state index < -0.39 is 0 Å². The predicted molar refractivity (Wildman–Crippen MR) is 30.9 cm³/mol. The second-order valence-corrected chi connectivity index (χ2v) is 2.50. The lowest BCUT2D eigenvalue weighted by atomic mass is 10.1. The molecular weight excluding hydrogens is 104 g/mol. The van der Waals surface area contributed by atoms with Crippen LogP contribution in [0.4, 0.5) is 0 Å². The number of hydrogen-bond donors (Lipinski definition) is 2. The topological polar surface area (TPSA) is 49.5 Å². The Labute approximate surface area is 49.1 Å². The molecule has 3 N–H and O–H groups in total. The molecule has 0 saturated carbocycles. The molecule has 0 aromatic rings. The summed E-state index contributed by atoms with van der Waals surface area (Å²) in [5, 5.41) is 10.7. The standard InChI is InChI=1S/C5H12N2O/c1-4-2-7(6)3-5(4)8/h4-5,8H,2-3,6H2,1H3. The van der Waals surface area contributed by atoms with Crippen molar-refractivity contribution in [3.05, 3.63) is 0 Å². The molecule has 8 heavy (non-hydrogen) atoms. The summed E-state index contributed by atoms with van der Waals surface area (Å²) in [6, 6.07) is 0. The maximum absolute atomic E-state index is 9.05. The zero-order valence-corrected chi connectivity index (χ0v) is 5.04. The Kier molecular flexibility index (Phi) is 1.51. The number of aliphatic hydroxyl groups excluding tert-OH is 1. The van der Waals surface area contributed by atoms with Gasteiger partial charge in [-0.25, -0.2) is 5.01 Å². The molecule has 0 amide bonds. The minimum absolute atomic E-state index is 0.208. The quantitative estimate of drug-likeness (QED) is 0.406. The number of hydrazine groups is 1. The van der Waals surface area contributed by atoms with E-state index in [2.05, 4.69) is 0 Å². The molecule has 1 heterocycles. The normalized spacial score (nSPS) is 40.9. The third kappa shape index (κ3) is 0.992. The van der Waals surface area contributed by atoms with Crippen LogP contribution in [0.3, 0.4) is 0 Å². The number of β-amino-alcohol motifs (C(OH)–C–C–N with tert-alkyl or cyclic N) is 1. The molecule has 1 aliphatic heterocycles. The van der Waals surface area contributed by atoms with Crippen LogP contribution in [-0.2, 0) is 0 Å². The predicted octanol–water partition coefficient (Wildman–Crippen LogP) is -0.827. The van der Waals surface area contributed by atoms with E-state index in [-0.39, 0.29) is 6.10 Å². The molecule has 3 heteroatoms. The third-order valence-corrected chi connectivity index (χ3v) is 1.60. The number of hydrogen-bond acceptors (Lipinski definition) is 3. The van der Waals surface area contributed by atoms with Crippen LogP contribution in [0.25, 0.3) is 0 Å². The lowest BCUT2D eigenvalue weighted by Gasteiger charge is -2.02. The van der Waals surface area contributed by atoms with E-state index in [0.717, 1.165) is 6.54 Å². The molecule has 2 unspecified atom stereocenters. The minimum atomic E-state index is -0.208. The van der Waals surface area contributed by atoms with Crippen molar-refractivity contribution in [3.63, 3.8) is 0 Å². The SMILES string of the molecule is CC1CN(N)CC1O. The lowest BCUT2D eigenvalue weighted by Crippen LogP contribution is -2.28. The summed E-state index contributed by atoms with van der Waals surface area (Å²) in [6.07, 6.45) is -0.208. The molecule has 2 atom stereocenters. The number of nitrogens with zero attached hydrogens (tertiary/aromatic N) is 1. The second kappa shape index (κ2) is 2.01. The van der Waals surface area contributed by atoms with Crippen molar-refractivity contribution < 1.29 is 5.11 Å². The Morgan fingerprint density at radius 2 is 2.25 bits per heavy atom. The van der Waals surface area contributed by atoms with E-state index in [1.165, 1.54) is 0 Å². The molecule has 1 saturated heterocycles. The van der Waals surface area contributed by atoms with Crippen LogP contribution in [0.2, 0.25) is 0 Å². The van der Waals surface area contributed by atoms with Gasteiger partial charge in [-0.15, -0.1) is 0 Å². The van der Waals surface area contributed by atoms with Gasteiger partial charge < -0.3 is 5.11 Å². The number of aliphatic hydroxyl groups is 1. The van der Waals surface area contributed by atoms with Gasteiger partial charge in [0.1, 0.15) is 0 Å². The van der Waals surface area contributed by atoms with Crippen LogP contribution < -0.4 is 5.84 Å². The van der Waals surface area contributed by atoms with Crippen molar-refractivity contribution in [2.24, 2.45) is 11.8 Å². The zero-order chi connectivity index (χ0) is 6.15. The Morgan fingerprint density at radius 3 is 2.38 bits per heavy atom. The van der Waals surface area contributed by atoms with Crippen LogP contribution in [-0.4, -0.2) is 29.3 Å². The summed E-state index contributed by atoms with van der Waals surface area (Å²) >= 11 is 0. The highest BCUT2D eigenvalue weighted by Crippen LogP contribution is 2.11. The van der Waals surface area contributed by atoms with E-state index >= 15 is 0 Å². The molecule has 1 fully saturated rings. The summed E-state index contributed by atoms with van der Waals surface area (Å²) in [7, 11) is 0. The van der Waals surface area contributed by atoms with Gasteiger partial charge in [-0.2, -0.15) is 0 Å². The maximum Gasteiger partial charge on any atom is 0.0719 e. The molecule has 0 aromatic carbocycles. The summed E-state index contributed by atoms with van der Waals surface area (Å²) in [4.78, 5) is 0. The molecule has 1 rings (SSSR count). The fourth-order valence-electron chi connectivity index (χ4n) is 0.986. The van der Waals surface area contributed by atoms with Crippen molar-refractivity contribution in [3.8, 4) is 0 Å². The van der Waals surface area contributed by atoms with E-state index in [4.69, 9.17) is 10.9 Å². The first kappa shape index (κ1) is 6.01. The largest absolute Gasteiger partial charge is 0.391 e. The van der Waals surface area contributed by atoms with E-state index in [9.17, 15) is 0 Å². The highest BCUT2D eigenvalue weighted by atomic mass is 16.3. The molecule has 0 bridgehead atoms. The Balaban J connectivity index is 2.39. The van der Waals surface area contributed by atoms with Crippen LogP contribution in [0, 0.1) is 5.92 Å². The first-order chi connectivity index (χ1) is 3.70. The van der Waals surface area contributed by atoms with E-state index in [0.29, 0.717) is 12.5 Å². The average Bonchev–Trinajstić information content (AvgIpc) is 1.85. The van der Waals surface area contributed by atoms with Crippen molar-refractivity contribution >= 4 is 0 Å². The van der Waals surface area contributed by atoms with Gasteiger partial charge in [-0.3, -0.25) is 5.84 Å². The molecule has 48 valence electrons. The fraction of sp³-hybridized carbons (Fsp3) is 1.00. The van der Waals surface area contributed by atoms with Crippen LogP contribution in [0.5, 0.6) is 0 Å². The van der Waals surface area contributed by atoms with Crippen LogP contribution in [0.1, 0.15) is 6.92 Å². The zero-order valence-electron chi connectivity index (χ0n) is 5.04. The summed E-state index contributed by atoms with van der Waals surface area (Å²) in [5.74, 6) is 5.74. The van der Waals surface area contributed by atoms with Crippen molar-refractivity contribution in [1.29, 1.82) is 0 Å². The fourth-order valence-corrected chi connectivity index (χ4v) is 0.986. The van der Waals surface area contributed by atoms with Gasteiger partial charge >= 0.3 is 0 Å². The summed E-state index contributed by atoms with van der Waals surface area (Å²) in [5.41, 5.74) is 0. The first-order valence-corrected chi connectivity index (χ1v) is 2.88. The van der Waals surface area contributed by atoms with Gasteiger partial charge in [0.25, 0.3) is 0 Å². The van der Waals surface area contributed by atoms with Crippen LogP contribution in [0.15, 0.2) is 0 Å². The molecule has 0 aliphatic carbocycles. The Hall–Kier alpha value is -0.120. The third-order valence-electron chi connectivity index (χ3n) is 1.60. The highest BCUT2D eigenvalue weighted by Gasteiger charge is 2.24. The Bertz CT molecular complexity index is 76.5. The van der Waals surface area contributed by atoms with E-state index in [1.807, 2.05) is 6.92 Å². The van der Waals surface area contributed by atoms with E-state index in [1.54, 1.807) is 5.01 Å². The van der Waals surface area contributed by atoms with Gasteiger partial charge in [-0.05, 0) is 5.92 Å². The highest BCUT2D eigenvalue weighted by molar-refractivity contribution is 4.76. The maximum atomic E-state index is 9.05. The molecule has 0 aromatic heterocycles. The van der Waals surface area contributed by atoms with Gasteiger partial charge in [0.15, 0.2) is 0 Å². The molecular formula is C5H12N2O. The second-order valence-electron chi connectivity index (χ2n) is 2.50. The Morgan fingerprint density at radius 1 is 1.62 bits per heavy atom. The summed E-state index contributed by atoms with van der Waals surface area (Å²) < 4.78 is 0. The molecule has 3 nitrogen and oxygen atoms in total. The molecule has 0 radical (unpaired) electrons. The van der Waals surface area contributed by atoms with Gasteiger partial charge in [0.2, 0.25) is 0 Å². The lowest BCUT2D eigenvalue weighted by molar-refractivity contribution is 0.148. The average molecular weight is 116 g/mol. The monoisotopic (exact) mass is 116 g/mol. The van der Waals surface area contributed by atoms with Crippen LogP contribution >= 0.6 is 0 Å². The van der Waals surface area contributed by atoms with Crippen molar-refractivity contribution in [1.82, 2.24) is 5.01 Å². The summed E-state index contributed by atoms with van der Waals surface area (Å²) in [6.45, 7) is 3.44. The first-order valence-electron chi connectivity index (χ1n) is 2.88. The van der Waals surface area contributed by atoms with Gasteiger partial charge in [0, 0.05) is 13.1 Å². The number of rotatable bonds is 0. The molecule has 1 aliphatic rings. The minimum Gasteiger partial charge on any atom is -0.391 e.